The van der Waals surface area contributed by atoms with E-state index in [0.29, 0.717) is 12.8 Å². The second kappa shape index (κ2) is 38.9. The van der Waals surface area contributed by atoms with Crippen LogP contribution in [0, 0.1) is 0 Å². The third kappa shape index (κ3) is 33.6. The molecule has 0 spiro atoms. The van der Waals surface area contributed by atoms with Crippen molar-refractivity contribution < 1.29 is 20.1 Å². The fraction of sp³-hybridized carbons (Fsp3) is 0.930. The molecule has 5 nitrogen and oxygen atoms in total. The van der Waals surface area contributed by atoms with Crippen molar-refractivity contribution in [2.75, 3.05) is 6.61 Å². The molecule has 0 aromatic heterocycles. The molecular weight excluding hydrogens is 594 g/mol. The van der Waals surface area contributed by atoms with E-state index in [0.717, 1.165) is 44.9 Å². The molecule has 48 heavy (non-hydrogen) atoms. The summed E-state index contributed by atoms with van der Waals surface area (Å²) in [6.07, 6.45) is 44.6. The Kier molecular flexibility index (Phi) is 38.1. The Morgan fingerprint density at radius 1 is 0.500 bits per heavy atom. The van der Waals surface area contributed by atoms with E-state index in [1.165, 1.54) is 161 Å². The maximum Gasteiger partial charge on any atom is 0.220 e. The molecule has 0 aliphatic rings. The number of unbranched alkanes of at least 4 members (excludes halogenated alkanes) is 29. The number of aliphatic hydroxyl groups excluding tert-OH is 3. The van der Waals surface area contributed by atoms with Crippen LogP contribution in [-0.4, -0.2) is 46.1 Å². The van der Waals surface area contributed by atoms with Gasteiger partial charge in [-0.1, -0.05) is 199 Å². The zero-order chi connectivity index (χ0) is 35.2. The van der Waals surface area contributed by atoms with E-state index in [-0.39, 0.29) is 12.5 Å². The van der Waals surface area contributed by atoms with Gasteiger partial charge in [-0.25, -0.2) is 0 Å². The molecule has 1 amide bonds. The first-order chi connectivity index (χ1) is 23.6. The molecular formula is C43H85NO4. The Morgan fingerprint density at radius 2 is 0.833 bits per heavy atom. The average Bonchev–Trinajstić information content (AvgIpc) is 3.09. The number of nitrogens with one attached hydrogen (secondary N) is 1. The molecule has 0 fully saturated rings. The maximum absolute atomic E-state index is 12.4. The van der Waals surface area contributed by atoms with Crippen LogP contribution in [0.1, 0.15) is 232 Å². The number of hydrogen-bond donors (Lipinski definition) is 4. The zero-order valence-corrected chi connectivity index (χ0v) is 32.4. The Bertz CT molecular complexity index is 669. The van der Waals surface area contributed by atoms with Gasteiger partial charge in [0, 0.05) is 6.42 Å². The molecule has 5 heteroatoms. The van der Waals surface area contributed by atoms with Crippen molar-refractivity contribution in [1.82, 2.24) is 5.32 Å². The van der Waals surface area contributed by atoms with Crippen LogP contribution in [0.2, 0.25) is 0 Å². The predicted octanol–water partition coefficient (Wildman–Crippen LogP) is 12.0. The van der Waals surface area contributed by atoms with Gasteiger partial charge in [0.1, 0.15) is 6.10 Å². The van der Waals surface area contributed by atoms with Crippen LogP contribution in [0.3, 0.4) is 0 Å². The van der Waals surface area contributed by atoms with E-state index >= 15 is 0 Å². The second-order valence-corrected chi connectivity index (χ2v) is 14.9. The highest BCUT2D eigenvalue weighted by Gasteiger charge is 2.26. The van der Waals surface area contributed by atoms with Crippen LogP contribution in [0.5, 0.6) is 0 Å². The van der Waals surface area contributed by atoms with Crippen LogP contribution >= 0.6 is 0 Å². The zero-order valence-electron chi connectivity index (χ0n) is 32.4. The highest BCUT2D eigenvalue weighted by atomic mass is 16.3. The van der Waals surface area contributed by atoms with Gasteiger partial charge in [-0.15, -0.1) is 0 Å². The lowest BCUT2D eigenvalue weighted by molar-refractivity contribution is -0.124. The van der Waals surface area contributed by atoms with Crippen molar-refractivity contribution in [2.24, 2.45) is 0 Å². The number of carbonyl (C=O) groups excluding carboxylic acids is 1. The molecule has 0 aliphatic carbocycles. The standard InChI is InChI=1S/C43H85NO4/c1-3-5-7-9-11-13-15-17-18-19-20-21-22-23-24-26-27-29-31-33-35-37-41(46)43(48)40(39-45)44-42(47)38-36-34-32-30-28-25-16-14-12-10-8-6-4-2/h25,28,40-41,43,45-46,48H,3-24,26-27,29-39H2,1-2H3,(H,44,47)/b28-25-. The van der Waals surface area contributed by atoms with Gasteiger partial charge in [-0.05, 0) is 38.5 Å². The van der Waals surface area contributed by atoms with Gasteiger partial charge in [0.05, 0.1) is 18.8 Å². The maximum atomic E-state index is 12.4. The third-order valence-corrected chi connectivity index (χ3v) is 10.1. The number of carbonyl (C=O) groups is 1. The molecule has 0 rings (SSSR count). The number of rotatable bonds is 39. The quantitative estimate of drug-likeness (QED) is 0.0384. The summed E-state index contributed by atoms with van der Waals surface area (Å²) in [7, 11) is 0. The summed E-state index contributed by atoms with van der Waals surface area (Å²) in [5.41, 5.74) is 0. The molecule has 0 heterocycles. The molecule has 0 aromatic rings. The van der Waals surface area contributed by atoms with E-state index < -0.39 is 18.2 Å². The molecule has 4 N–H and O–H groups in total. The van der Waals surface area contributed by atoms with Crippen molar-refractivity contribution in [3.63, 3.8) is 0 Å². The van der Waals surface area contributed by atoms with Crippen LogP contribution in [0.4, 0.5) is 0 Å². The fourth-order valence-corrected chi connectivity index (χ4v) is 6.75. The summed E-state index contributed by atoms with van der Waals surface area (Å²) in [5.74, 6) is -0.159. The summed E-state index contributed by atoms with van der Waals surface area (Å²) in [4.78, 5) is 12.4. The smallest absolute Gasteiger partial charge is 0.220 e. The Balaban J connectivity index is 3.60. The molecule has 0 aliphatic heterocycles. The van der Waals surface area contributed by atoms with Crippen LogP contribution in [0.25, 0.3) is 0 Å². The first-order valence-electron chi connectivity index (χ1n) is 21.5. The van der Waals surface area contributed by atoms with Gasteiger partial charge in [0.25, 0.3) is 0 Å². The van der Waals surface area contributed by atoms with Gasteiger partial charge in [-0.3, -0.25) is 4.79 Å². The summed E-state index contributed by atoms with van der Waals surface area (Å²) in [5, 5.41) is 33.5. The minimum absolute atomic E-state index is 0.159. The van der Waals surface area contributed by atoms with Crippen molar-refractivity contribution in [3.8, 4) is 0 Å². The number of hydrogen-bond acceptors (Lipinski definition) is 4. The molecule has 286 valence electrons. The molecule has 0 aromatic carbocycles. The van der Waals surface area contributed by atoms with Crippen LogP contribution in [-0.2, 0) is 4.79 Å². The van der Waals surface area contributed by atoms with Crippen LogP contribution in [0.15, 0.2) is 12.2 Å². The van der Waals surface area contributed by atoms with E-state index in [1.54, 1.807) is 0 Å². The van der Waals surface area contributed by atoms with Gasteiger partial charge < -0.3 is 20.6 Å². The Morgan fingerprint density at radius 3 is 1.21 bits per heavy atom. The average molecular weight is 680 g/mol. The predicted molar refractivity (Wildman–Crippen MR) is 208 cm³/mol. The van der Waals surface area contributed by atoms with Crippen molar-refractivity contribution in [3.05, 3.63) is 12.2 Å². The summed E-state index contributed by atoms with van der Waals surface area (Å²) < 4.78 is 0. The summed E-state index contributed by atoms with van der Waals surface area (Å²) >= 11 is 0. The van der Waals surface area contributed by atoms with Gasteiger partial charge in [0.2, 0.25) is 5.91 Å². The lowest BCUT2D eigenvalue weighted by Gasteiger charge is -2.26. The SMILES string of the molecule is CCCCCCCC/C=C\CCCCCC(=O)NC(CO)C(O)C(O)CCCCCCCCCCCCCCCCCCCCCCC. The van der Waals surface area contributed by atoms with E-state index in [1.807, 2.05) is 0 Å². The molecule has 0 saturated carbocycles. The van der Waals surface area contributed by atoms with E-state index in [9.17, 15) is 20.1 Å². The fourth-order valence-electron chi connectivity index (χ4n) is 6.75. The van der Waals surface area contributed by atoms with E-state index in [4.69, 9.17) is 0 Å². The van der Waals surface area contributed by atoms with Crippen molar-refractivity contribution in [1.29, 1.82) is 0 Å². The number of allylic oxidation sites excluding steroid dienone is 2. The lowest BCUT2D eigenvalue weighted by Crippen LogP contribution is -2.50. The monoisotopic (exact) mass is 680 g/mol. The first kappa shape index (κ1) is 47.1. The second-order valence-electron chi connectivity index (χ2n) is 14.9. The molecule has 0 bridgehead atoms. The van der Waals surface area contributed by atoms with Gasteiger partial charge >= 0.3 is 0 Å². The molecule has 3 unspecified atom stereocenters. The minimum Gasteiger partial charge on any atom is -0.394 e. The first-order valence-corrected chi connectivity index (χ1v) is 21.5. The normalized spacial score (nSPS) is 13.7. The highest BCUT2D eigenvalue weighted by molar-refractivity contribution is 5.76. The lowest BCUT2D eigenvalue weighted by atomic mass is 9.99. The number of amides is 1. The van der Waals surface area contributed by atoms with Crippen LogP contribution < -0.4 is 5.32 Å². The van der Waals surface area contributed by atoms with Crippen molar-refractivity contribution in [2.45, 2.75) is 250 Å². The van der Waals surface area contributed by atoms with Crippen molar-refractivity contribution >= 4 is 5.91 Å². The Labute approximate surface area is 299 Å². The van der Waals surface area contributed by atoms with Gasteiger partial charge in [0.15, 0.2) is 0 Å². The largest absolute Gasteiger partial charge is 0.394 e. The third-order valence-electron chi connectivity index (χ3n) is 10.1. The molecule has 0 radical (unpaired) electrons. The summed E-state index contributed by atoms with van der Waals surface area (Å²) in [6, 6.07) is -0.813. The van der Waals surface area contributed by atoms with Gasteiger partial charge in [-0.2, -0.15) is 0 Å². The molecule has 0 saturated heterocycles. The van der Waals surface area contributed by atoms with E-state index in [2.05, 4.69) is 31.3 Å². The summed E-state index contributed by atoms with van der Waals surface area (Å²) in [6.45, 7) is 4.17. The number of aliphatic hydroxyl groups is 3. The minimum atomic E-state index is -1.14. The Hall–Kier alpha value is -0.910. The topological polar surface area (TPSA) is 89.8 Å². The highest BCUT2D eigenvalue weighted by Crippen LogP contribution is 2.17. The molecule has 3 atom stereocenters.